The molecule has 0 N–H and O–H groups in total. The maximum atomic E-state index is 12.9. The Hall–Kier alpha value is -1.66. The highest BCUT2D eigenvalue weighted by Crippen LogP contribution is 2.24. The Balaban J connectivity index is 1.67. The summed E-state index contributed by atoms with van der Waals surface area (Å²) in [6, 6.07) is 14.0. The van der Waals surface area contributed by atoms with Crippen LogP contribution in [0.4, 0.5) is 4.39 Å². The molecule has 1 heterocycles. The molecule has 3 rings (SSSR count). The van der Waals surface area contributed by atoms with Crippen LogP contribution < -0.4 is 0 Å². The van der Waals surface area contributed by atoms with Gasteiger partial charge in [0.25, 0.3) is 5.89 Å². The van der Waals surface area contributed by atoms with E-state index in [2.05, 4.69) is 26.1 Å². The van der Waals surface area contributed by atoms with E-state index in [1.165, 1.54) is 12.1 Å². The van der Waals surface area contributed by atoms with Gasteiger partial charge in [-0.2, -0.15) is 4.98 Å². The highest BCUT2D eigenvalue weighted by molar-refractivity contribution is 9.10. The SMILES string of the molecule is Fc1ccc(-c2nc(CSc3ccc(Br)cc3)no2)cc1. The van der Waals surface area contributed by atoms with E-state index in [0.29, 0.717) is 23.0 Å². The van der Waals surface area contributed by atoms with Crippen molar-refractivity contribution in [2.45, 2.75) is 10.6 Å². The average Bonchev–Trinajstić information content (AvgIpc) is 2.96. The van der Waals surface area contributed by atoms with Crippen LogP contribution in [0.1, 0.15) is 5.82 Å². The van der Waals surface area contributed by atoms with Crippen LogP contribution in [0.2, 0.25) is 0 Å². The summed E-state index contributed by atoms with van der Waals surface area (Å²) in [6.45, 7) is 0. The number of hydrogen-bond acceptors (Lipinski definition) is 4. The van der Waals surface area contributed by atoms with E-state index in [1.54, 1.807) is 23.9 Å². The molecule has 106 valence electrons. The van der Waals surface area contributed by atoms with Gasteiger partial charge in [0.05, 0.1) is 5.75 Å². The van der Waals surface area contributed by atoms with E-state index in [9.17, 15) is 4.39 Å². The van der Waals surface area contributed by atoms with Crippen molar-refractivity contribution in [3.8, 4) is 11.5 Å². The number of halogens is 2. The lowest BCUT2D eigenvalue weighted by atomic mass is 10.2. The zero-order valence-electron chi connectivity index (χ0n) is 10.8. The summed E-state index contributed by atoms with van der Waals surface area (Å²) in [7, 11) is 0. The summed E-state index contributed by atoms with van der Waals surface area (Å²) in [5.74, 6) is 1.35. The molecule has 2 aromatic carbocycles. The van der Waals surface area contributed by atoms with Crippen LogP contribution in [-0.2, 0) is 5.75 Å². The van der Waals surface area contributed by atoms with Gasteiger partial charge in [-0.05, 0) is 48.5 Å². The van der Waals surface area contributed by atoms with E-state index in [4.69, 9.17) is 4.52 Å². The summed E-state index contributed by atoms with van der Waals surface area (Å²) in [5.41, 5.74) is 0.712. The van der Waals surface area contributed by atoms with Crippen LogP contribution in [0.3, 0.4) is 0 Å². The zero-order chi connectivity index (χ0) is 14.7. The Labute approximate surface area is 133 Å². The minimum absolute atomic E-state index is 0.288. The number of rotatable bonds is 4. The molecule has 0 saturated carbocycles. The molecular formula is C15H10BrFN2OS. The predicted molar refractivity (Wildman–Crippen MR) is 83.4 cm³/mol. The highest BCUT2D eigenvalue weighted by Gasteiger charge is 2.09. The Morgan fingerprint density at radius 3 is 2.48 bits per heavy atom. The largest absolute Gasteiger partial charge is 0.334 e. The van der Waals surface area contributed by atoms with E-state index in [1.807, 2.05) is 24.3 Å². The molecule has 0 amide bonds. The van der Waals surface area contributed by atoms with Crippen molar-refractivity contribution in [2.75, 3.05) is 0 Å². The second-order valence-electron chi connectivity index (χ2n) is 4.27. The Morgan fingerprint density at radius 2 is 1.76 bits per heavy atom. The normalized spacial score (nSPS) is 10.8. The lowest BCUT2D eigenvalue weighted by Crippen LogP contribution is -1.84. The van der Waals surface area contributed by atoms with Gasteiger partial charge in [0.15, 0.2) is 5.82 Å². The summed E-state index contributed by atoms with van der Waals surface area (Å²) < 4.78 is 19.1. The van der Waals surface area contributed by atoms with Crippen molar-refractivity contribution in [1.29, 1.82) is 0 Å². The van der Waals surface area contributed by atoms with Gasteiger partial charge in [0, 0.05) is 14.9 Å². The van der Waals surface area contributed by atoms with Gasteiger partial charge in [-0.3, -0.25) is 0 Å². The lowest BCUT2D eigenvalue weighted by molar-refractivity contribution is 0.425. The maximum absolute atomic E-state index is 12.9. The van der Waals surface area contributed by atoms with Crippen LogP contribution in [0, 0.1) is 5.82 Å². The quantitative estimate of drug-likeness (QED) is 0.615. The van der Waals surface area contributed by atoms with Gasteiger partial charge in [-0.15, -0.1) is 11.8 Å². The fourth-order valence-corrected chi connectivity index (χ4v) is 2.71. The number of thioether (sulfide) groups is 1. The van der Waals surface area contributed by atoms with Crippen LogP contribution in [-0.4, -0.2) is 10.1 Å². The molecule has 0 unspecified atom stereocenters. The number of aromatic nitrogens is 2. The molecule has 3 aromatic rings. The monoisotopic (exact) mass is 364 g/mol. The Morgan fingerprint density at radius 1 is 1.05 bits per heavy atom. The standard InChI is InChI=1S/C15H10BrFN2OS/c16-11-3-7-13(8-4-11)21-9-14-18-15(20-19-14)10-1-5-12(17)6-2-10/h1-8H,9H2. The smallest absolute Gasteiger partial charge is 0.257 e. The van der Waals surface area contributed by atoms with E-state index in [0.717, 1.165) is 9.37 Å². The molecule has 0 bridgehead atoms. The van der Waals surface area contributed by atoms with Gasteiger partial charge in [0.2, 0.25) is 0 Å². The van der Waals surface area contributed by atoms with E-state index >= 15 is 0 Å². The molecule has 0 radical (unpaired) electrons. The number of nitrogens with zero attached hydrogens (tertiary/aromatic N) is 2. The Bertz CT molecular complexity index is 728. The molecule has 0 aliphatic heterocycles. The molecule has 0 spiro atoms. The molecule has 0 aliphatic carbocycles. The zero-order valence-corrected chi connectivity index (χ0v) is 13.2. The van der Waals surface area contributed by atoms with Crippen molar-refractivity contribution in [1.82, 2.24) is 10.1 Å². The first-order chi connectivity index (χ1) is 10.2. The minimum Gasteiger partial charge on any atom is -0.334 e. The van der Waals surface area contributed by atoms with Crippen molar-refractivity contribution >= 4 is 27.7 Å². The van der Waals surface area contributed by atoms with Gasteiger partial charge in [-0.25, -0.2) is 4.39 Å². The number of hydrogen-bond donors (Lipinski definition) is 0. The fraction of sp³-hybridized carbons (Fsp3) is 0.0667. The summed E-state index contributed by atoms with van der Waals surface area (Å²) in [5, 5.41) is 3.94. The first-order valence-electron chi connectivity index (χ1n) is 6.17. The van der Waals surface area contributed by atoms with Crippen LogP contribution >= 0.6 is 27.7 Å². The molecular weight excluding hydrogens is 355 g/mol. The molecule has 0 fully saturated rings. The van der Waals surface area contributed by atoms with E-state index < -0.39 is 0 Å². The third-order valence-corrected chi connectivity index (χ3v) is 4.28. The van der Waals surface area contributed by atoms with Crippen molar-refractivity contribution in [3.05, 3.63) is 64.6 Å². The summed E-state index contributed by atoms with van der Waals surface area (Å²) >= 11 is 5.03. The van der Waals surface area contributed by atoms with Gasteiger partial charge in [0.1, 0.15) is 5.82 Å². The maximum Gasteiger partial charge on any atom is 0.257 e. The summed E-state index contributed by atoms with van der Waals surface area (Å²) in [6.07, 6.45) is 0. The molecule has 0 saturated heterocycles. The minimum atomic E-state index is -0.288. The Kier molecular flexibility index (Phi) is 4.36. The molecule has 6 heteroatoms. The van der Waals surface area contributed by atoms with Crippen LogP contribution in [0.5, 0.6) is 0 Å². The third-order valence-electron chi connectivity index (χ3n) is 2.74. The predicted octanol–water partition coefficient (Wildman–Crippen LogP) is 4.93. The molecule has 0 atom stereocenters. The van der Waals surface area contributed by atoms with Gasteiger partial charge < -0.3 is 4.52 Å². The van der Waals surface area contributed by atoms with Crippen molar-refractivity contribution in [3.63, 3.8) is 0 Å². The lowest BCUT2D eigenvalue weighted by Gasteiger charge is -1.98. The summed E-state index contributed by atoms with van der Waals surface area (Å²) in [4.78, 5) is 5.44. The first-order valence-corrected chi connectivity index (χ1v) is 7.95. The number of benzene rings is 2. The van der Waals surface area contributed by atoms with E-state index in [-0.39, 0.29) is 5.82 Å². The topological polar surface area (TPSA) is 38.9 Å². The molecule has 1 aromatic heterocycles. The van der Waals surface area contributed by atoms with Crippen molar-refractivity contribution < 1.29 is 8.91 Å². The molecule has 0 aliphatic rings. The molecule has 3 nitrogen and oxygen atoms in total. The fourth-order valence-electron chi connectivity index (χ4n) is 1.70. The molecule has 21 heavy (non-hydrogen) atoms. The van der Waals surface area contributed by atoms with Gasteiger partial charge >= 0.3 is 0 Å². The third kappa shape index (κ3) is 3.71. The second-order valence-corrected chi connectivity index (χ2v) is 6.23. The second kappa shape index (κ2) is 6.41. The van der Waals surface area contributed by atoms with Crippen LogP contribution in [0.15, 0.2) is 62.4 Å². The first kappa shape index (κ1) is 14.3. The van der Waals surface area contributed by atoms with Crippen molar-refractivity contribution in [2.24, 2.45) is 0 Å². The highest BCUT2D eigenvalue weighted by atomic mass is 79.9. The van der Waals surface area contributed by atoms with Gasteiger partial charge in [-0.1, -0.05) is 21.1 Å². The van der Waals surface area contributed by atoms with Crippen LogP contribution in [0.25, 0.3) is 11.5 Å². The average molecular weight is 365 g/mol.